The molecule has 1 aliphatic rings. The first-order chi connectivity index (χ1) is 12.1. The van der Waals surface area contributed by atoms with Gasteiger partial charge in [0.15, 0.2) is 0 Å². The zero-order valence-electron chi connectivity index (χ0n) is 14.6. The Kier molecular flexibility index (Phi) is 5.69. The third kappa shape index (κ3) is 4.37. The molecule has 1 aliphatic heterocycles. The van der Waals surface area contributed by atoms with Gasteiger partial charge in [-0.1, -0.05) is 36.9 Å². The molecule has 0 aromatic heterocycles. The zero-order chi connectivity index (χ0) is 17.7. The number of aryl methyl sites for hydroxylation is 1. The standard InChI is InChI=1S/C21H25FN2S/c1-16-5-3-4-6-20(16)24-21(11-13-25-14-12-21)17(2)23-15-18-7-9-19(22)10-8-18/h3-10,23-24H,2,11-15H2,1H3. The maximum absolute atomic E-state index is 13.1. The molecule has 132 valence electrons. The molecule has 0 spiro atoms. The lowest BCUT2D eigenvalue weighted by molar-refractivity contribution is 0.468. The van der Waals surface area contributed by atoms with Crippen molar-refractivity contribution in [2.75, 3.05) is 16.8 Å². The van der Waals surface area contributed by atoms with Gasteiger partial charge in [0, 0.05) is 17.9 Å². The Morgan fingerprint density at radius 2 is 1.80 bits per heavy atom. The van der Waals surface area contributed by atoms with Crippen molar-refractivity contribution in [3.8, 4) is 0 Å². The molecule has 1 heterocycles. The Morgan fingerprint density at radius 1 is 1.12 bits per heavy atom. The Labute approximate surface area is 153 Å². The molecule has 0 amide bonds. The second-order valence-electron chi connectivity index (χ2n) is 6.59. The molecule has 3 rings (SSSR count). The summed E-state index contributed by atoms with van der Waals surface area (Å²) in [7, 11) is 0. The van der Waals surface area contributed by atoms with E-state index in [9.17, 15) is 4.39 Å². The van der Waals surface area contributed by atoms with Crippen molar-refractivity contribution < 1.29 is 4.39 Å². The van der Waals surface area contributed by atoms with E-state index in [-0.39, 0.29) is 11.4 Å². The molecule has 0 aliphatic carbocycles. The maximum Gasteiger partial charge on any atom is 0.123 e. The molecule has 2 N–H and O–H groups in total. The minimum absolute atomic E-state index is 0.141. The maximum atomic E-state index is 13.1. The van der Waals surface area contributed by atoms with Crippen LogP contribution in [0.2, 0.25) is 0 Å². The van der Waals surface area contributed by atoms with E-state index in [0.29, 0.717) is 6.54 Å². The Morgan fingerprint density at radius 3 is 2.48 bits per heavy atom. The predicted octanol–water partition coefficient (Wildman–Crippen LogP) is 5.12. The summed E-state index contributed by atoms with van der Waals surface area (Å²) in [6.07, 6.45) is 2.09. The fraction of sp³-hybridized carbons (Fsp3) is 0.333. The third-order valence-corrected chi connectivity index (χ3v) is 5.85. The van der Waals surface area contributed by atoms with Crippen molar-refractivity contribution >= 4 is 17.4 Å². The van der Waals surface area contributed by atoms with E-state index in [0.717, 1.165) is 35.6 Å². The van der Waals surface area contributed by atoms with Crippen LogP contribution in [0.3, 0.4) is 0 Å². The SMILES string of the molecule is C=C(NCc1ccc(F)cc1)C1(Nc2ccccc2C)CCSCC1. The molecule has 0 unspecified atom stereocenters. The number of anilines is 1. The van der Waals surface area contributed by atoms with Crippen molar-refractivity contribution in [3.05, 3.63) is 77.8 Å². The van der Waals surface area contributed by atoms with Crippen LogP contribution in [0, 0.1) is 12.7 Å². The highest BCUT2D eigenvalue weighted by molar-refractivity contribution is 7.99. The molecule has 2 aromatic rings. The number of hydrogen-bond donors (Lipinski definition) is 2. The molecule has 1 saturated heterocycles. The van der Waals surface area contributed by atoms with Crippen molar-refractivity contribution in [1.29, 1.82) is 0 Å². The summed E-state index contributed by atoms with van der Waals surface area (Å²) in [5.41, 5.74) is 4.34. The van der Waals surface area contributed by atoms with Gasteiger partial charge in [-0.05, 0) is 60.6 Å². The quantitative estimate of drug-likeness (QED) is 0.751. The summed E-state index contributed by atoms with van der Waals surface area (Å²) in [5, 5.41) is 7.25. The summed E-state index contributed by atoms with van der Waals surface area (Å²) in [4.78, 5) is 0. The minimum Gasteiger partial charge on any atom is -0.383 e. The van der Waals surface area contributed by atoms with Crippen LogP contribution in [0.15, 0.2) is 60.8 Å². The van der Waals surface area contributed by atoms with Gasteiger partial charge in [-0.3, -0.25) is 0 Å². The molecule has 0 atom stereocenters. The Balaban J connectivity index is 1.74. The first-order valence-corrected chi connectivity index (χ1v) is 9.84. The average molecular weight is 357 g/mol. The number of halogens is 1. The molecular formula is C21H25FN2S. The van der Waals surface area contributed by atoms with Crippen LogP contribution < -0.4 is 10.6 Å². The van der Waals surface area contributed by atoms with Crippen LogP contribution in [-0.2, 0) is 6.54 Å². The fourth-order valence-electron chi connectivity index (χ4n) is 3.17. The first kappa shape index (κ1) is 17.9. The minimum atomic E-state index is -0.204. The third-order valence-electron chi connectivity index (χ3n) is 4.86. The van der Waals surface area contributed by atoms with Gasteiger partial charge in [0.2, 0.25) is 0 Å². The lowest BCUT2D eigenvalue weighted by Crippen LogP contribution is -2.47. The smallest absolute Gasteiger partial charge is 0.123 e. The molecule has 0 radical (unpaired) electrons. The summed E-state index contributed by atoms with van der Waals surface area (Å²) in [6, 6.07) is 15.0. The normalized spacial score (nSPS) is 16.2. The van der Waals surface area contributed by atoms with Crippen molar-refractivity contribution in [2.45, 2.75) is 31.8 Å². The van der Waals surface area contributed by atoms with Gasteiger partial charge in [0.05, 0.1) is 5.54 Å². The van der Waals surface area contributed by atoms with E-state index >= 15 is 0 Å². The lowest BCUT2D eigenvalue weighted by atomic mass is 9.88. The molecular weight excluding hydrogens is 331 g/mol. The van der Waals surface area contributed by atoms with Crippen LogP contribution in [0.1, 0.15) is 24.0 Å². The number of rotatable bonds is 6. The molecule has 25 heavy (non-hydrogen) atoms. The van der Waals surface area contributed by atoms with E-state index in [4.69, 9.17) is 0 Å². The van der Waals surface area contributed by atoms with Crippen molar-refractivity contribution in [1.82, 2.24) is 5.32 Å². The van der Waals surface area contributed by atoms with Crippen LogP contribution in [0.4, 0.5) is 10.1 Å². The molecule has 0 bridgehead atoms. The van der Waals surface area contributed by atoms with E-state index < -0.39 is 0 Å². The first-order valence-electron chi connectivity index (χ1n) is 8.68. The van der Waals surface area contributed by atoms with Gasteiger partial charge < -0.3 is 10.6 Å². The predicted molar refractivity (Wildman–Crippen MR) is 106 cm³/mol. The fourth-order valence-corrected chi connectivity index (χ4v) is 4.36. The second kappa shape index (κ2) is 7.96. The molecule has 4 heteroatoms. The Hall–Kier alpha value is -1.94. The highest BCUT2D eigenvalue weighted by atomic mass is 32.2. The van der Waals surface area contributed by atoms with Crippen LogP contribution in [0.25, 0.3) is 0 Å². The Bertz CT molecular complexity index is 721. The van der Waals surface area contributed by atoms with Gasteiger partial charge in [0.1, 0.15) is 5.82 Å². The van der Waals surface area contributed by atoms with Gasteiger partial charge >= 0.3 is 0 Å². The van der Waals surface area contributed by atoms with Gasteiger partial charge in [-0.2, -0.15) is 11.8 Å². The van der Waals surface area contributed by atoms with Crippen molar-refractivity contribution in [2.24, 2.45) is 0 Å². The van der Waals surface area contributed by atoms with Crippen molar-refractivity contribution in [3.63, 3.8) is 0 Å². The van der Waals surface area contributed by atoms with Gasteiger partial charge in [0.25, 0.3) is 0 Å². The average Bonchev–Trinajstić information content (AvgIpc) is 2.64. The van der Waals surface area contributed by atoms with E-state index in [1.165, 1.54) is 23.4 Å². The second-order valence-corrected chi connectivity index (χ2v) is 7.82. The number of para-hydroxylation sites is 1. The van der Waals surface area contributed by atoms with E-state index in [2.05, 4.69) is 48.4 Å². The molecule has 2 aromatic carbocycles. The number of benzene rings is 2. The highest BCUT2D eigenvalue weighted by Gasteiger charge is 2.35. The summed E-state index contributed by atoms with van der Waals surface area (Å²) < 4.78 is 13.1. The van der Waals surface area contributed by atoms with Crippen LogP contribution >= 0.6 is 11.8 Å². The summed E-state index contributed by atoms with van der Waals surface area (Å²) in [6.45, 7) is 7.14. The monoisotopic (exact) mass is 356 g/mol. The number of thioether (sulfide) groups is 1. The lowest BCUT2D eigenvalue weighted by Gasteiger charge is -2.41. The number of nitrogens with one attached hydrogen (secondary N) is 2. The van der Waals surface area contributed by atoms with E-state index in [1.807, 2.05) is 23.9 Å². The van der Waals surface area contributed by atoms with Crippen LogP contribution in [-0.4, -0.2) is 17.0 Å². The highest BCUT2D eigenvalue weighted by Crippen LogP contribution is 2.35. The van der Waals surface area contributed by atoms with Crippen LogP contribution in [0.5, 0.6) is 0 Å². The topological polar surface area (TPSA) is 24.1 Å². The molecule has 2 nitrogen and oxygen atoms in total. The molecule has 1 fully saturated rings. The summed E-state index contributed by atoms with van der Waals surface area (Å²) >= 11 is 1.99. The molecule has 0 saturated carbocycles. The largest absolute Gasteiger partial charge is 0.383 e. The van der Waals surface area contributed by atoms with E-state index in [1.54, 1.807) is 0 Å². The zero-order valence-corrected chi connectivity index (χ0v) is 15.5. The number of hydrogen-bond acceptors (Lipinski definition) is 3. The van der Waals surface area contributed by atoms with Gasteiger partial charge in [-0.25, -0.2) is 4.39 Å². The summed E-state index contributed by atoms with van der Waals surface area (Å²) in [5.74, 6) is 2.04. The van der Waals surface area contributed by atoms with Gasteiger partial charge in [-0.15, -0.1) is 0 Å².